The van der Waals surface area contributed by atoms with Gasteiger partial charge in [0.15, 0.2) is 5.69 Å². The first-order valence-corrected chi connectivity index (χ1v) is 9.16. The molecule has 0 spiro atoms. The molecule has 2 amide bonds. The molecule has 1 heterocycles. The lowest BCUT2D eigenvalue weighted by Gasteiger charge is -2.08. The Bertz CT molecular complexity index is 960. The molecule has 0 saturated heterocycles. The number of hydrogen-bond acceptors (Lipinski definition) is 4. The highest BCUT2D eigenvalue weighted by Crippen LogP contribution is 2.22. The van der Waals surface area contributed by atoms with Crippen molar-refractivity contribution >= 4 is 23.2 Å². The summed E-state index contributed by atoms with van der Waals surface area (Å²) in [6, 6.07) is 16.4. The number of carbonyl (C=O) groups is 2. The molecule has 0 radical (unpaired) electrons. The fourth-order valence-corrected chi connectivity index (χ4v) is 2.72. The van der Waals surface area contributed by atoms with Gasteiger partial charge >= 0.3 is 0 Å². The minimum absolute atomic E-state index is 0.0292. The van der Waals surface area contributed by atoms with Gasteiger partial charge in [0, 0.05) is 23.4 Å². The van der Waals surface area contributed by atoms with Gasteiger partial charge in [-0.1, -0.05) is 32.0 Å². The zero-order valence-electron chi connectivity index (χ0n) is 16.2. The Morgan fingerprint density at radius 3 is 2.18 bits per heavy atom. The van der Waals surface area contributed by atoms with E-state index in [1.54, 1.807) is 31.2 Å². The number of nitrogens with zero attached hydrogens (tertiary/aromatic N) is 1. The molecule has 144 valence electrons. The average Bonchev–Trinajstić information content (AvgIpc) is 3.05. The van der Waals surface area contributed by atoms with Crippen LogP contribution in [0.25, 0.3) is 11.5 Å². The van der Waals surface area contributed by atoms with Gasteiger partial charge in [-0.05, 0) is 49.2 Å². The lowest BCUT2D eigenvalue weighted by atomic mass is 10.1. The normalized spacial score (nSPS) is 10.7. The number of aryl methyl sites for hydroxylation is 1. The molecule has 3 aromatic rings. The summed E-state index contributed by atoms with van der Waals surface area (Å²) in [6.45, 7) is 5.70. The Hall–Kier alpha value is -3.41. The summed E-state index contributed by atoms with van der Waals surface area (Å²) in [5.41, 5.74) is 2.35. The van der Waals surface area contributed by atoms with Gasteiger partial charge in [0.2, 0.25) is 11.8 Å². The van der Waals surface area contributed by atoms with Gasteiger partial charge in [0.25, 0.3) is 5.91 Å². The standard InChI is InChI=1S/C22H23N3O3/c1-14(2)13-19(26)23-17-9-11-18(12-10-17)24-21(27)20-15(3)28-22(25-20)16-7-5-4-6-8-16/h4-12,14H,13H2,1-3H3,(H,23,26)(H,24,27). The summed E-state index contributed by atoms with van der Waals surface area (Å²) in [7, 11) is 0. The van der Waals surface area contributed by atoms with Crippen molar-refractivity contribution in [2.75, 3.05) is 10.6 Å². The highest BCUT2D eigenvalue weighted by Gasteiger charge is 2.18. The molecule has 0 bridgehead atoms. The molecule has 6 heteroatoms. The van der Waals surface area contributed by atoms with Crippen LogP contribution < -0.4 is 10.6 Å². The predicted molar refractivity (Wildman–Crippen MR) is 109 cm³/mol. The van der Waals surface area contributed by atoms with Crippen LogP contribution in [0, 0.1) is 12.8 Å². The van der Waals surface area contributed by atoms with Gasteiger partial charge in [-0.15, -0.1) is 0 Å². The minimum atomic E-state index is -0.347. The van der Waals surface area contributed by atoms with Crippen molar-refractivity contribution < 1.29 is 14.0 Å². The summed E-state index contributed by atoms with van der Waals surface area (Å²) in [5, 5.41) is 5.64. The van der Waals surface area contributed by atoms with Crippen molar-refractivity contribution in [3.8, 4) is 11.5 Å². The number of hydrogen-bond donors (Lipinski definition) is 2. The van der Waals surface area contributed by atoms with Crippen LogP contribution in [0.15, 0.2) is 59.0 Å². The molecule has 28 heavy (non-hydrogen) atoms. The molecule has 0 aliphatic heterocycles. The van der Waals surface area contributed by atoms with E-state index < -0.39 is 0 Å². The monoisotopic (exact) mass is 377 g/mol. The van der Waals surface area contributed by atoms with Gasteiger partial charge < -0.3 is 15.1 Å². The summed E-state index contributed by atoms with van der Waals surface area (Å²) in [4.78, 5) is 28.7. The average molecular weight is 377 g/mol. The highest BCUT2D eigenvalue weighted by atomic mass is 16.4. The van der Waals surface area contributed by atoms with Crippen LogP contribution in [0.2, 0.25) is 0 Å². The molecule has 0 atom stereocenters. The third-order valence-corrected chi connectivity index (χ3v) is 4.05. The molecule has 1 aromatic heterocycles. The van der Waals surface area contributed by atoms with E-state index in [0.717, 1.165) is 5.56 Å². The topological polar surface area (TPSA) is 84.2 Å². The number of amides is 2. The number of benzene rings is 2. The smallest absolute Gasteiger partial charge is 0.277 e. The van der Waals surface area contributed by atoms with E-state index in [1.165, 1.54) is 0 Å². The largest absolute Gasteiger partial charge is 0.441 e. The summed E-state index contributed by atoms with van der Waals surface area (Å²) in [5.74, 6) is 0.781. The molecule has 6 nitrogen and oxygen atoms in total. The Kier molecular flexibility index (Phi) is 5.89. The quantitative estimate of drug-likeness (QED) is 0.641. The third-order valence-electron chi connectivity index (χ3n) is 4.05. The van der Waals surface area contributed by atoms with Crippen LogP contribution in [-0.2, 0) is 4.79 Å². The SMILES string of the molecule is Cc1oc(-c2ccccc2)nc1C(=O)Nc1ccc(NC(=O)CC(C)C)cc1. The molecule has 3 rings (SSSR count). The zero-order chi connectivity index (χ0) is 20.1. The number of aromatic nitrogens is 1. The highest BCUT2D eigenvalue weighted by molar-refractivity contribution is 6.04. The Morgan fingerprint density at radius 2 is 1.57 bits per heavy atom. The van der Waals surface area contributed by atoms with E-state index in [0.29, 0.717) is 35.4 Å². The van der Waals surface area contributed by atoms with Crippen LogP contribution in [0.5, 0.6) is 0 Å². The molecule has 0 saturated carbocycles. The van der Waals surface area contributed by atoms with Gasteiger partial charge in [-0.2, -0.15) is 0 Å². The zero-order valence-corrected chi connectivity index (χ0v) is 16.2. The number of oxazole rings is 1. The molecule has 2 N–H and O–H groups in total. The molecule has 0 aliphatic carbocycles. The lowest BCUT2D eigenvalue weighted by molar-refractivity contribution is -0.116. The van der Waals surface area contributed by atoms with Crippen LogP contribution in [-0.4, -0.2) is 16.8 Å². The van der Waals surface area contributed by atoms with E-state index in [-0.39, 0.29) is 17.5 Å². The van der Waals surface area contributed by atoms with E-state index in [1.807, 2.05) is 44.2 Å². The second kappa shape index (κ2) is 8.52. The summed E-state index contributed by atoms with van der Waals surface area (Å²) >= 11 is 0. The van der Waals surface area contributed by atoms with E-state index in [4.69, 9.17) is 4.42 Å². The fraction of sp³-hybridized carbons (Fsp3) is 0.227. The van der Waals surface area contributed by atoms with Crippen molar-refractivity contribution in [1.82, 2.24) is 4.98 Å². The van der Waals surface area contributed by atoms with E-state index >= 15 is 0 Å². The van der Waals surface area contributed by atoms with Gasteiger partial charge in [-0.25, -0.2) is 4.98 Å². The second-order valence-electron chi connectivity index (χ2n) is 6.97. The maximum absolute atomic E-state index is 12.6. The van der Waals surface area contributed by atoms with Gasteiger partial charge in [-0.3, -0.25) is 9.59 Å². The third kappa shape index (κ3) is 4.85. The lowest BCUT2D eigenvalue weighted by Crippen LogP contribution is -2.15. The van der Waals surface area contributed by atoms with Crippen molar-refractivity contribution in [2.24, 2.45) is 5.92 Å². The van der Waals surface area contributed by atoms with Crippen LogP contribution >= 0.6 is 0 Å². The van der Waals surface area contributed by atoms with E-state index in [9.17, 15) is 9.59 Å². The number of nitrogens with one attached hydrogen (secondary N) is 2. The molecule has 2 aromatic carbocycles. The van der Waals surface area contributed by atoms with Crippen molar-refractivity contribution in [3.63, 3.8) is 0 Å². The Balaban J connectivity index is 1.67. The fourth-order valence-electron chi connectivity index (χ4n) is 2.72. The minimum Gasteiger partial charge on any atom is -0.441 e. The Morgan fingerprint density at radius 1 is 0.964 bits per heavy atom. The molecular weight excluding hydrogens is 354 g/mol. The second-order valence-corrected chi connectivity index (χ2v) is 6.97. The van der Waals surface area contributed by atoms with Crippen molar-refractivity contribution in [2.45, 2.75) is 27.2 Å². The number of rotatable bonds is 6. The van der Waals surface area contributed by atoms with Gasteiger partial charge in [0.05, 0.1) is 0 Å². The van der Waals surface area contributed by atoms with Gasteiger partial charge in [0.1, 0.15) is 5.76 Å². The van der Waals surface area contributed by atoms with E-state index in [2.05, 4.69) is 15.6 Å². The predicted octanol–water partition coefficient (Wildman–Crippen LogP) is 4.89. The number of carbonyl (C=O) groups excluding carboxylic acids is 2. The first-order valence-electron chi connectivity index (χ1n) is 9.16. The van der Waals surface area contributed by atoms with Crippen LogP contribution in [0.3, 0.4) is 0 Å². The maximum atomic E-state index is 12.6. The summed E-state index contributed by atoms with van der Waals surface area (Å²) in [6.07, 6.45) is 0.466. The van der Waals surface area contributed by atoms with Crippen molar-refractivity contribution in [3.05, 3.63) is 66.1 Å². The van der Waals surface area contributed by atoms with Crippen LogP contribution in [0.1, 0.15) is 36.5 Å². The summed E-state index contributed by atoms with van der Waals surface area (Å²) < 4.78 is 5.63. The van der Waals surface area contributed by atoms with Crippen LogP contribution in [0.4, 0.5) is 11.4 Å². The maximum Gasteiger partial charge on any atom is 0.277 e. The van der Waals surface area contributed by atoms with Crippen molar-refractivity contribution in [1.29, 1.82) is 0 Å². The first-order chi connectivity index (χ1) is 13.4. The molecule has 0 aliphatic rings. The Labute approximate surface area is 164 Å². The molecule has 0 unspecified atom stereocenters. The molecular formula is C22H23N3O3. The first kappa shape index (κ1) is 19.4. The molecule has 0 fully saturated rings. The number of anilines is 2.